The lowest BCUT2D eigenvalue weighted by Crippen LogP contribution is -2.19. The predicted molar refractivity (Wildman–Crippen MR) is 162 cm³/mol. The van der Waals surface area contributed by atoms with E-state index < -0.39 is 11.7 Å². The Morgan fingerprint density at radius 1 is 1.02 bits per heavy atom. The Kier molecular flexibility index (Phi) is 5.55. The van der Waals surface area contributed by atoms with Gasteiger partial charge < -0.3 is 25.3 Å². The average molecular weight is 546 g/mol. The summed E-state index contributed by atoms with van der Waals surface area (Å²) in [6.07, 6.45) is 1.79. The van der Waals surface area contributed by atoms with Crippen molar-refractivity contribution in [3.63, 3.8) is 0 Å². The molecule has 1 aliphatic rings. The SMILES string of the molecule is Cc1ccc2cn(-c3cccc(-c4ccc(C(N)=O)c5[nH]c6cc(C7COC(C)(C)O7)ccc6c45)c3C)c(O)c2c1. The van der Waals surface area contributed by atoms with Crippen molar-refractivity contribution in [3.05, 3.63) is 95.2 Å². The van der Waals surface area contributed by atoms with Gasteiger partial charge in [0.2, 0.25) is 5.88 Å². The maximum absolute atomic E-state index is 12.5. The molecule has 206 valence electrons. The van der Waals surface area contributed by atoms with Crippen molar-refractivity contribution < 1.29 is 19.4 Å². The van der Waals surface area contributed by atoms with Crippen LogP contribution in [0, 0.1) is 13.8 Å². The summed E-state index contributed by atoms with van der Waals surface area (Å²) < 4.78 is 13.7. The standard InChI is InChI=1S/C34H31N3O4/c1-18-8-9-21-16-37(33(39)26(21)14-18)28-7-5-6-22(19(28)2)23-12-13-25(32(35)38)31-30(23)24-11-10-20(15-27(24)36-31)29-17-40-34(3,4)41-29/h5-16,29,36,39H,17H2,1-4H3,(H2,35,38). The Morgan fingerprint density at radius 2 is 1.85 bits per heavy atom. The molecule has 7 nitrogen and oxygen atoms in total. The molecule has 0 radical (unpaired) electrons. The minimum absolute atomic E-state index is 0.177. The van der Waals surface area contributed by atoms with Gasteiger partial charge >= 0.3 is 0 Å². The van der Waals surface area contributed by atoms with Gasteiger partial charge in [-0.05, 0) is 74.2 Å². The zero-order chi connectivity index (χ0) is 28.6. The van der Waals surface area contributed by atoms with Crippen molar-refractivity contribution in [3.8, 4) is 22.7 Å². The molecule has 7 rings (SSSR count). The molecule has 2 aromatic heterocycles. The van der Waals surface area contributed by atoms with Crippen LogP contribution in [0.5, 0.6) is 5.88 Å². The number of H-pyrrole nitrogens is 1. The molecule has 1 unspecified atom stereocenters. The fourth-order valence-electron chi connectivity index (χ4n) is 6.18. The molecular weight excluding hydrogens is 514 g/mol. The highest BCUT2D eigenvalue weighted by Crippen LogP contribution is 2.41. The molecule has 0 spiro atoms. The van der Waals surface area contributed by atoms with Gasteiger partial charge in [-0.3, -0.25) is 9.36 Å². The zero-order valence-electron chi connectivity index (χ0n) is 23.4. The van der Waals surface area contributed by atoms with E-state index in [9.17, 15) is 9.90 Å². The number of hydrogen-bond donors (Lipinski definition) is 3. The molecule has 1 amide bonds. The zero-order valence-corrected chi connectivity index (χ0v) is 23.4. The van der Waals surface area contributed by atoms with E-state index in [0.29, 0.717) is 17.7 Å². The number of aromatic amines is 1. The topological polar surface area (TPSA) is 102 Å². The maximum Gasteiger partial charge on any atom is 0.250 e. The highest BCUT2D eigenvalue weighted by Gasteiger charge is 2.33. The third kappa shape index (κ3) is 4.00. The number of fused-ring (bicyclic) bond motifs is 4. The number of aryl methyl sites for hydroxylation is 1. The van der Waals surface area contributed by atoms with Crippen molar-refractivity contribution in [1.29, 1.82) is 0 Å². The number of carbonyl (C=O) groups is 1. The number of nitrogens with two attached hydrogens (primary N) is 1. The first-order valence-corrected chi connectivity index (χ1v) is 13.7. The van der Waals surface area contributed by atoms with E-state index in [2.05, 4.69) is 36.2 Å². The first-order chi connectivity index (χ1) is 19.6. The number of primary amides is 1. The molecule has 1 saturated heterocycles. The molecule has 3 heterocycles. The number of carbonyl (C=O) groups excluding carboxylic acids is 1. The predicted octanol–water partition coefficient (Wildman–Crippen LogP) is 7.18. The van der Waals surface area contributed by atoms with Gasteiger partial charge in [0.25, 0.3) is 5.91 Å². The largest absolute Gasteiger partial charge is 0.494 e. The first-order valence-electron chi connectivity index (χ1n) is 13.7. The van der Waals surface area contributed by atoms with Crippen molar-refractivity contribution in [1.82, 2.24) is 9.55 Å². The van der Waals surface area contributed by atoms with E-state index in [1.54, 1.807) is 6.07 Å². The molecule has 4 aromatic carbocycles. The van der Waals surface area contributed by atoms with Gasteiger partial charge in [-0.25, -0.2) is 0 Å². The fourth-order valence-corrected chi connectivity index (χ4v) is 6.18. The quantitative estimate of drug-likeness (QED) is 0.218. The van der Waals surface area contributed by atoms with Gasteiger partial charge in [-0.1, -0.05) is 48.0 Å². The molecule has 0 bridgehead atoms. The van der Waals surface area contributed by atoms with Crippen LogP contribution in [0.25, 0.3) is 49.4 Å². The van der Waals surface area contributed by atoms with Crippen molar-refractivity contribution in [2.24, 2.45) is 5.73 Å². The molecular formula is C34H31N3O4. The van der Waals surface area contributed by atoms with Crippen LogP contribution in [-0.4, -0.2) is 33.0 Å². The lowest BCUT2D eigenvalue weighted by atomic mass is 9.93. The second-order valence-corrected chi connectivity index (χ2v) is 11.4. The van der Waals surface area contributed by atoms with Crippen LogP contribution in [-0.2, 0) is 9.47 Å². The van der Waals surface area contributed by atoms with Gasteiger partial charge in [0.15, 0.2) is 5.79 Å². The van der Waals surface area contributed by atoms with Crippen LogP contribution in [0.3, 0.4) is 0 Å². The fraction of sp³-hybridized carbons (Fsp3) is 0.206. The molecule has 1 fully saturated rings. The molecule has 7 heteroatoms. The number of benzene rings is 4. The summed E-state index contributed by atoms with van der Waals surface area (Å²) in [4.78, 5) is 16.0. The number of nitrogens with zero attached hydrogens (tertiary/aromatic N) is 1. The smallest absolute Gasteiger partial charge is 0.250 e. The van der Waals surface area contributed by atoms with Crippen molar-refractivity contribution >= 4 is 38.5 Å². The number of ether oxygens (including phenoxy) is 2. The highest BCUT2D eigenvalue weighted by molar-refractivity contribution is 6.20. The molecule has 1 aliphatic heterocycles. The van der Waals surface area contributed by atoms with Crippen LogP contribution in [0.4, 0.5) is 0 Å². The molecule has 0 saturated carbocycles. The Bertz CT molecular complexity index is 2030. The molecule has 6 aromatic rings. The van der Waals surface area contributed by atoms with Crippen LogP contribution in [0.2, 0.25) is 0 Å². The van der Waals surface area contributed by atoms with Crippen LogP contribution in [0.15, 0.2) is 72.9 Å². The van der Waals surface area contributed by atoms with E-state index in [4.69, 9.17) is 15.2 Å². The lowest BCUT2D eigenvalue weighted by Gasteiger charge is -2.17. The second-order valence-electron chi connectivity index (χ2n) is 11.4. The van der Waals surface area contributed by atoms with E-state index in [0.717, 1.165) is 60.6 Å². The summed E-state index contributed by atoms with van der Waals surface area (Å²) in [6, 6.07) is 22.1. The van der Waals surface area contributed by atoms with Crippen molar-refractivity contribution in [2.45, 2.75) is 39.6 Å². The summed E-state index contributed by atoms with van der Waals surface area (Å²) in [5.74, 6) is -0.917. The summed E-state index contributed by atoms with van der Waals surface area (Å²) in [5.41, 5.74) is 13.8. The van der Waals surface area contributed by atoms with Gasteiger partial charge in [-0.2, -0.15) is 0 Å². The Labute approximate surface area is 237 Å². The van der Waals surface area contributed by atoms with Gasteiger partial charge in [0, 0.05) is 33.3 Å². The second kappa shape index (κ2) is 8.96. The number of hydrogen-bond acceptors (Lipinski definition) is 4. The Balaban J connectivity index is 1.43. The van der Waals surface area contributed by atoms with Gasteiger partial charge in [0.05, 0.1) is 23.4 Å². The van der Waals surface area contributed by atoms with Crippen LogP contribution >= 0.6 is 0 Å². The van der Waals surface area contributed by atoms with Crippen LogP contribution < -0.4 is 5.73 Å². The monoisotopic (exact) mass is 545 g/mol. The number of rotatable bonds is 4. The lowest BCUT2D eigenvalue weighted by molar-refractivity contribution is -0.139. The first kappa shape index (κ1) is 25.4. The third-order valence-electron chi connectivity index (χ3n) is 8.22. The van der Waals surface area contributed by atoms with Crippen molar-refractivity contribution in [2.75, 3.05) is 6.61 Å². The summed E-state index contributed by atoms with van der Waals surface area (Å²) in [7, 11) is 0. The van der Waals surface area contributed by atoms with E-state index in [1.165, 1.54) is 0 Å². The number of aromatic nitrogens is 2. The molecule has 1 atom stereocenters. The number of amides is 1. The Hall–Kier alpha value is -4.59. The average Bonchev–Trinajstić information content (AvgIpc) is 3.60. The van der Waals surface area contributed by atoms with Gasteiger partial charge in [0.1, 0.15) is 6.10 Å². The number of aromatic hydroxyl groups is 1. The maximum atomic E-state index is 12.5. The summed E-state index contributed by atoms with van der Waals surface area (Å²) in [5, 5.41) is 14.9. The molecule has 41 heavy (non-hydrogen) atoms. The minimum atomic E-state index is -0.631. The Morgan fingerprint density at radius 3 is 2.61 bits per heavy atom. The molecule has 4 N–H and O–H groups in total. The third-order valence-corrected chi connectivity index (χ3v) is 8.22. The van der Waals surface area contributed by atoms with Crippen LogP contribution in [0.1, 0.15) is 47.0 Å². The van der Waals surface area contributed by atoms with E-state index in [-0.39, 0.29) is 12.0 Å². The highest BCUT2D eigenvalue weighted by atomic mass is 16.7. The minimum Gasteiger partial charge on any atom is -0.494 e. The van der Waals surface area contributed by atoms with E-state index in [1.807, 2.05) is 67.9 Å². The van der Waals surface area contributed by atoms with E-state index >= 15 is 0 Å². The normalized spacial score (nSPS) is 16.7. The summed E-state index contributed by atoms with van der Waals surface area (Å²) in [6.45, 7) is 8.37. The van der Waals surface area contributed by atoms with Gasteiger partial charge in [-0.15, -0.1) is 0 Å². The summed E-state index contributed by atoms with van der Waals surface area (Å²) >= 11 is 0. The number of nitrogens with one attached hydrogen (secondary N) is 1. The molecule has 0 aliphatic carbocycles.